The highest BCUT2D eigenvalue weighted by Gasteiger charge is 2.44. The van der Waals surface area contributed by atoms with Crippen LogP contribution in [0.15, 0.2) is 0 Å². The lowest BCUT2D eigenvalue weighted by atomic mass is 9.67. The molecule has 0 N–H and O–H groups in total. The zero-order chi connectivity index (χ0) is 11.6. The molecule has 1 spiro atoms. The average Bonchev–Trinajstić information content (AvgIpc) is 2.71. The van der Waals surface area contributed by atoms with Crippen LogP contribution in [0.5, 0.6) is 0 Å². The van der Waals surface area contributed by atoms with Crippen molar-refractivity contribution in [2.75, 3.05) is 13.7 Å². The fourth-order valence-electron chi connectivity index (χ4n) is 3.33. The molecule has 0 aliphatic heterocycles. The molecule has 0 bridgehead atoms. The second-order valence-corrected chi connectivity index (χ2v) is 5.33. The molecule has 0 aromatic heterocycles. The van der Waals surface area contributed by atoms with Crippen LogP contribution in [0.3, 0.4) is 0 Å². The zero-order valence-electron chi connectivity index (χ0n) is 9.96. The summed E-state index contributed by atoms with van der Waals surface area (Å²) in [5, 5.41) is 0. The Hall–Kier alpha value is -0.700. The Labute approximate surface area is 96.5 Å². The van der Waals surface area contributed by atoms with Crippen molar-refractivity contribution in [1.82, 2.24) is 0 Å². The van der Waals surface area contributed by atoms with Gasteiger partial charge in [0.2, 0.25) is 0 Å². The third-order valence-corrected chi connectivity index (χ3v) is 4.27. The van der Waals surface area contributed by atoms with E-state index in [4.69, 9.17) is 4.74 Å². The van der Waals surface area contributed by atoms with Crippen molar-refractivity contribution >= 4 is 11.6 Å². The van der Waals surface area contributed by atoms with Gasteiger partial charge in [0.05, 0.1) is 5.92 Å². The molecule has 1 unspecified atom stereocenters. The van der Waals surface area contributed by atoms with E-state index in [1.165, 1.54) is 32.8 Å². The molecule has 90 valence electrons. The number of hydrogen-bond acceptors (Lipinski definition) is 3. The normalized spacial score (nSPS) is 28.6. The van der Waals surface area contributed by atoms with Crippen molar-refractivity contribution in [1.29, 1.82) is 0 Å². The SMILES string of the molecule is COCC(=O)C1CC2(CCCC2)CCC1=O. The van der Waals surface area contributed by atoms with Crippen LogP contribution in [-0.4, -0.2) is 25.3 Å². The molecule has 2 saturated carbocycles. The molecule has 16 heavy (non-hydrogen) atoms. The second-order valence-electron chi connectivity index (χ2n) is 5.33. The first-order chi connectivity index (χ1) is 7.67. The molecule has 0 saturated heterocycles. The Balaban J connectivity index is 2.05. The Morgan fingerprint density at radius 1 is 1.38 bits per heavy atom. The van der Waals surface area contributed by atoms with Crippen molar-refractivity contribution in [2.45, 2.75) is 44.9 Å². The summed E-state index contributed by atoms with van der Waals surface area (Å²) in [6.45, 7) is 0.0898. The standard InChI is InChI=1S/C13H20O3/c1-16-9-12(15)10-8-13(5-2-3-6-13)7-4-11(10)14/h10H,2-9H2,1H3. The van der Waals surface area contributed by atoms with Crippen LogP contribution in [0.2, 0.25) is 0 Å². The lowest BCUT2D eigenvalue weighted by Crippen LogP contribution is -2.38. The van der Waals surface area contributed by atoms with E-state index in [1.807, 2.05) is 0 Å². The molecule has 1 atom stereocenters. The van der Waals surface area contributed by atoms with Gasteiger partial charge in [-0.2, -0.15) is 0 Å². The molecule has 2 aliphatic carbocycles. The average molecular weight is 224 g/mol. The van der Waals surface area contributed by atoms with E-state index in [1.54, 1.807) is 0 Å². The van der Waals surface area contributed by atoms with Crippen molar-refractivity contribution < 1.29 is 14.3 Å². The van der Waals surface area contributed by atoms with Crippen LogP contribution >= 0.6 is 0 Å². The van der Waals surface area contributed by atoms with E-state index in [9.17, 15) is 9.59 Å². The molecule has 0 radical (unpaired) electrons. The number of ether oxygens (including phenoxy) is 1. The van der Waals surface area contributed by atoms with Crippen molar-refractivity contribution in [3.8, 4) is 0 Å². The number of rotatable bonds is 3. The van der Waals surface area contributed by atoms with Crippen LogP contribution in [-0.2, 0) is 14.3 Å². The predicted molar refractivity (Wildman–Crippen MR) is 60.1 cm³/mol. The lowest BCUT2D eigenvalue weighted by Gasteiger charge is -2.36. The summed E-state index contributed by atoms with van der Waals surface area (Å²) in [6.07, 6.45) is 7.32. The molecule has 3 heteroatoms. The fraction of sp³-hybridized carbons (Fsp3) is 0.846. The first-order valence-electron chi connectivity index (χ1n) is 6.21. The first-order valence-corrected chi connectivity index (χ1v) is 6.21. The molecule has 2 rings (SSSR count). The lowest BCUT2D eigenvalue weighted by molar-refractivity contribution is -0.139. The van der Waals surface area contributed by atoms with E-state index < -0.39 is 0 Å². The number of carbonyl (C=O) groups excluding carboxylic acids is 2. The molecule has 3 nitrogen and oxygen atoms in total. The van der Waals surface area contributed by atoms with Crippen LogP contribution in [0.4, 0.5) is 0 Å². The minimum atomic E-state index is -0.369. The minimum Gasteiger partial charge on any atom is -0.377 e. The Morgan fingerprint density at radius 3 is 2.69 bits per heavy atom. The monoisotopic (exact) mass is 224 g/mol. The number of methoxy groups -OCH3 is 1. The zero-order valence-corrected chi connectivity index (χ0v) is 9.96. The van der Waals surface area contributed by atoms with Crippen molar-refractivity contribution in [2.24, 2.45) is 11.3 Å². The number of carbonyl (C=O) groups is 2. The maximum atomic E-state index is 11.8. The van der Waals surface area contributed by atoms with E-state index in [0.29, 0.717) is 11.8 Å². The fourth-order valence-corrected chi connectivity index (χ4v) is 3.33. The summed E-state index contributed by atoms with van der Waals surface area (Å²) in [4.78, 5) is 23.6. The number of hydrogen-bond donors (Lipinski definition) is 0. The Bertz CT molecular complexity index is 290. The summed E-state index contributed by atoms with van der Waals surface area (Å²) in [7, 11) is 1.51. The Kier molecular flexibility index (Phi) is 3.43. The van der Waals surface area contributed by atoms with Gasteiger partial charge in [-0.25, -0.2) is 0 Å². The summed E-state index contributed by atoms with van der Waals surface area (Å²) in [6, 6.07) is 0. The third-order valence-electron chi connectivity index (χ3n) is 4.27. The van der Waals surface area contributed by atoms with Gasteiger partial charge < -0.3 is 4.74 Å². The van der Waals surface area contributed by atoms with Crippen LogP contribution in [0, 0.1) is 11.3 Å². The van der Waals surface area contributed by atoms with Gasteiger partial charge in [0.15, 0.2) is 5.78 Å². The van der Waals surface area contributed by atoms with Crippen LogP contribution in [0.1, 0.15) is 44.9 Å². The number of ketones is 2. The molecule has 0 amide bonds. The van der Waals surface area contributed by atoms with E-state index in [2.05, 4.69) is 0 Å². The van der Waals surface area contributed by atoms with E-state index in [0.717, 1.165) is 12.8 Å². The quantitative estimate of drug-likeness (QED) is 0.690. The van der Waals surface area contributed by atoms with E-state index >= 15 is 0 Å². The summed E-state index contributed by atoms with van der Waals surface area (Å²) < 4.78 is 4.85. The number of Topliss-reactive ketones (excluding diaryl/α,β-unsaturated/α-hetero) is 2. The van der Waals surface area contributed by atoms with Crippen molar-refractivity contribution in [3.63, 3.8) is 0 Å². The summed E-state index contributed by atoms with van der Waals surface area (Å²) >= 11 is 0. The van der Waals surface area contributed by atoms with Gasteiger partial charge >= 0.3 is 0 Å². The maximum absolute atomic E-state index is 11.8. The van der Waals surface area contributed by atoms with Gasteiger partial charge in [-0.05, 0) is 31.1 Å². The Morgan fingerprint density at radius 2 is 2.06 bits per heavy atom. The second kappa shape index (κ2) is 4.66. The molecule has 2 fully saturated rings. The van der Waals surface area contributed by atoms with Gasteiger partial charge in [0, 0.05) is 13.5 Å². The molecule has 0 heterocycles. The molecular weight excluding hydrogens is 204 g/mol. The topological polar surface area (TPSA) is 43.4 Å². The summed E-state index contributed by atoms with van der Waals surface area (Å²) in [5.41, 5.74) is 0.308. The van der Waals surface area contributed by atoms with Gasteiger partial charge in [-0.3, -0.25) is 9.59 Å². The molecule has 2 aliphatic rings. The first kappa shape index (κ1) is 11.8. The predicted octanol–water partition coefficient (Wildman–Crippen LogP) is 2.13. The third kappa shape index (κ3) is 2.19. The van der Waals surface area contributed by atoms with E-state index in [-0.39, 0.29) is 24.1 Å². The van der Waals surface area contributed by atoms with Gasteiger partial charge in [-0.15, -0.1) is 0 Å². The highest BCUT2D eigenvalue weighted by Crippen LogP contribution is 2.49. The highest BCUT2D eigenvalue weighted by atomic mass is 16.5. The molecule has 0 aromatic carbocycles. The van der Waals surface area contributed by atoms with Crippen LogP contribution in [0.25, 0.3) is 0 Å². The molecular formula is C13H20O3. The minimum absolute atomic E-state index is 0.0153. The maximum Gasteiger partial charge on any atom is 0.168 e. The molecule has 0 aromatic rings. The van der Waals surface area contributed by atoms with Gasteiger partial charge in [0.25, 0.3) is 0 Å². The van der Waals surface area contributed by atoms with Gasteiger partial charge in [0.1, 0.15) is 12.4 Å². The summed E-state index contributed by atoms with van der Waals surface area (Å²) in [5.74, 6) is -0.246. The smallest absolute Gasteiger partial charge is 0.168 e. The van der Waals surface area contributed by atoms with Crippen molar-refractivity contribution in [3.05, 3.63) is 0 Å². The highest BCUT2D eigenvalue weighted by molar-refractivity contribution is 6.03. The van der Waals surface area contributed by atoms with Crippen LogP contribution < -0.4 is 0 Å². The largest absolute Gasteiger partial charge is 0.377 e. The van der Waals surface area contributed by atoms with Gasteiger partial charge in [-0.1, -0.05) is 12.8 Å².